The van der Waals surface area contributed by atoms with Crippen molar-refractivity contribution in [2.75, 3.05) is 23.8 Å². The Morgan fingerprint density at radius 2 is 2.11 bits per heavy atom. The minimum atomic E-state index is -3.23. The summed E-state index contributed by atoms with van der Waals surface area (Å²) in [7, 11) is -3.23. The molecule has 2 atom stereocenters. The highest BCUT2D eigenvalue weighted by atomic mass is 32.2. The molecule has 1 aliphatic heterocycles. The van der Waals surface area contributed by atoms with E-state index >= 15 is 0 Å². The number of nitrogens with two attached hydrogens (primary N) is 1. The molecule has 0 aromatic heterocycles. The van der Waals surface area contributed by atoms with Crippen molar-refractivity contribution in [3.63, 3.8) is 0 Å². The zero-order valence-electron chi connectivity index (χ0n) is 11.8. The molecule has 2 N–H and O–H groups in total. The summed E-state index contributed by atoms with van der Waals surface area (Å²) in [5, 5.41) is -0.678. The number of hydrogen-bond acceptors (Lipinski definition) is 5. The molecule has 1 fully saturated rings. The maximum atomic E-state index is 12.3. The standard InChI is InChI=1S/C12H24N2O3S2/c1-4-19(16,17)12-8-18-6-5-14(12)11(15)7-10(13)9(2)3/h9-10,12H,4-8,13H2,1-3H3. The lowest BCUT2D eigenvalue weighted by Crippen LogP contribution is -2.52. The molecule has 5 nitrogen and oxygen atoms in total. The van der Waals surface area contributed by atoms with Crippen LogP contribution >= 0.6 is 11.8 Å². The van der Waals surface area contributed by atoms with E-state index in [0.717, 1.165) is 5.75 Å². The smallest absolute Gasteiger partial charge is 0.225 e. The molecular weight excluding hydrogens is 284 g/mol. The van der Waals surface area contributed by atoms with Crippen LogP contribution in [0, 0.1) is 5.92 Å². The predicted octanol–water partition coefficient (Wildman–Crippen LogP) is 0.696. The van der Waals surface area contributed by atoms with Gasteiger partial charge in [-0.1, -0.05) is 20.8 Å². The molecule has 0 spiro atoms. The number of carbonyl (C=O) groups is 1. The third-order valence-corrected chi connectivity index (χ3v) is 6.78. The molecule has 0 aliphatic carbocycles. The van der Waals surface area contributed by atoms with Gasteiger partial charge in [0.15, 0.2) is 9.84 Å². The van der Waals surface area contributed by atoms with E-state index < -0.39 is 15.2 Å². The molecule has 0 radical (unpaired) electrons. The summed E-state index contributed by atoms with van der Waals surface area (Å²) in [6, 6.07) is -0.216. The Hall–Kier alpha value is -0.270. The second-order valence-corrected chi connectivity index (χ2v) is 8.78. The van der Waals surface area contributed by atoms with Gasteiger partial charge in [0.2, 0.25) is 5.91 Å². The van der Waals surface area contributed by atoms with Gasteiger partial charge in [-0.3, -0.25) is 4.79 Å². The van der Waals surface area contributed by atoms with Crippen LogP contribution in [0.5, 0.6) is 0 Å². The first-order valence-electron chi connectivity index (χ1n) is 6.64. The van der Waals surface area contributed by atoms with Crippen LogP contribution in [0.15, 0.2) is 0 Å². The van der Waals surface area contributed by atoms with Gasteiger partial charge in [0.25, 0.3) is 0 Å². The summed E-state index contributed by atoms with van der Waals surface area (Å²) in [5.74, 6) is 1.41. The topological polar surface area (TPSA) is 80.5 Å². The van der Waals surface area contributed by atoms with Crippen LogP contribution in [0.4, 0.5) is 0 Å². The molecule has 19 heavy (non-hydrogen) atoms. The van der Waals surface area contributed by atoms with Crippen molar-refractivity contribution in [3.05, 3.63) is 0 Å². The van der Waals surface area contributed by atoms with Crippen molar-refractivity contribution in [3.8, 4) is 0 Å². The Balaban J connectivity index is 2.80. The summed E-state index contributed by atoms with van der Waals surface area (Å²) in [4.78, 5) is 13.8. The van der Waals surface area contributed by atoms with Crippen LogP contribution in [0.25, 0.3) is 0 Å². The SMILES string of the molecule is CCS(=O)(=O)C1CSCCN1C(=O)CC(N)C(C)C. The summed E-state index contributed by atoms with van der Waals surface area (Å²) in [6.45, 7) is 6.05. The largest absolute Gasteiger partial charge is 0.327 e. The van der Waals surface area contributed by atoms with E-state index in [-0.39, 0.29) is 30.0 Å². The number of carbonyl (C=O) groups excluding carboxylic acids is 1. The minimum Gasteiger partial charge on any atom is -0.327 e. The third-order valence-electron chi connectivity index (χ3n) is 3.49. The Kier molecular flexibility index (Phi) is 6.14. The van der Waals surface area contributed by atoms with Crippen molar-refractivity contribution >= 4 is 27.5 Å². The van der Waals surface area contributed by atoms with Crippen molar-refractivity contribution in [2.24, 2.45) is 11.7 Å². The van der Waals surface area contributed by atoms with Crippen LogP contribution in [0.2, 0.25) is 0 Å². The highest BCUT2D eigenvalue weighted by Gasteiger charge is 2.36. The zero-order chi connectivity index (χ0) is 14.6. The highest BCUT2D eigenvalue weighted by Crippen LogP contribution is 2.22. The van der Waals surface area contributed by atoms with Gasteiger partial charge >= 0.3 is 0 Å². The molecule has 0 aromatic rings. The summed E-state index contributed by atoms with van der Waals surface area (Å²) in [5.41, 5.74) is 5.91. The fourth-order valence-electron chi connectivity index (χ4n) is 1.91. The molecule has 2 unspecified atom stereocenters. The van der Waals surface area contributed by atoms with Crippen LogP contribution in [-0.2, 0) is 14.6 Å². The molecule has 1 saturated heterocycles. The molecule has 0 saturated carbocycles. The van der Waals surface area contributed by atoms with Crippen molar-refractivity contribution in [1.29, 1.82) is 0 Å². The Morgan fingerprint density at radius 1 is 1.47 bits per heavy atom. The van der Waals surface area contributed by atoms with Gasteiger partial charge in [-0.25, -0.2) is 8.42 Å². The number of hydrogen-bond donors (Lipinski definition) is 1. The molecule has 1 heterocycles. The van der Waals surface area contributed by atoms with Crippen molar-refractivity contribution < 1.29 is 13.2 Å². The molecule has 1 aliphatic rings. The molecule has 1 amide bonds. The average molecular weight is 308 g/mol. The lowest BCUT2D eigenvalue weighted by Gasteiger charge is -2.35. The van der Waals surface area contributed by atoms with E-state index in [0.29, 0.717) is 12.3 Å². The lowest BCUT2D eigenvalue weighted by atomic mass is 10.0. The number of rotatable bonds is 5. The maximum Gasteiger partial charge on any atom is 0.225 e. The second kappa shape index (κ2) is 6.95. The Bertz CT molecular complexity index is 409. The molecule has 112 valence electrons. The maximum absolute atomic E-state index is 12.3. The quantitative estimate of drug-likeness (QED) is 0.808. The van der Waals surface area contributed by atoms with Gasteiger partial charge in [0, 0.05) is 36.3 Å². The number of amides is 1. The van der Waals surface area contributed by atoms with Gasteiger partial charge < -0.3 is 10.6 Å². The van der Waals surface area contributed by atoms with E-state index in [1.54, 1.807) is 18.7 Å². The molecule has 0 aromatic carbocycles. The number of nitrogens with zero attached hydrogens (tertiary/aromatic N) is 1. The van der Waals surface area contributed by atoms with Crippen molar-refractivity contribution in [2.45, 2.75) is 38.6 Å². The second-order valence-electron chi connectivity index (χ2n) is 5.18. The van der Waals surface area contributed by atoms with Crippen molar-refractivity contribution in [1.82, 2.24) is 4.90 Å². The number of thioether (sulfide) groups is 1. The van der Waals surface area contributed by atoms with Crippen LogP contribution in [0.1, 0.15) is 27.2 Å². The fraction of sp³-hybridized carbons (Fsp3) is 0.917. The van der Waals surface area contributed by atoms with E-state index in [2.05, 4.69) is 0 Å². The van der Waals surface area contributed by atoms with Gasteiger partial charge in [-0.15, -0.1) is 0 Å². The molecule has 1 rings (SSSR count). The first-order valence-corrected chi connectivity index (χ1v) is 9.51. The van der Waals surface area contributed by atoms with E-state index in [1.165, 1.54) is 4.90 Å². The van der Waals surface area contributed by atoms with Gasteiger partial charge in [0.1, 0.15) is 5.37 Å². The van der Waals surface area contributed by atoms with Gasteiger partial charge in [-0.2, -0.15) is 11.8 Å². The van der Waals surface area contributed by atoms with Crippen LogP contribution < -0.4 is 5.73 Å². The zero-order valence-corrected chi connectivity index (χ0v) is 13.5. The first kappa shape index (κ1) is 16.8. The minimum absolute atomic E-state index is 0.0677. The average Bonchev–Trinajstić information content (AvgIpc) is 2.38. The van der Waals surface area contributed by atoms with Gasteiger partial charge in [0.05, 0.1) is 0 Å². The summed E-state index contributed by atoms with van der Waals surface area (Å²) >= 11 is 1.59. The normalized spacial score (nSPS) is 22.6. The van der Waals surface area contributed by atoms with Crippen LogP contribution in [-0.4, -0.2) is 54.4 Å². The van der Waals surface area contributed by atoms with Crippen LogP contribution in [0.3, 0.4) is 0 Å². The molecule has 7 heteroatoms. The Morgan fingerprint density at radius 3 is 2.63 bits per heavy atom. The summed E-state index contributed by atoms with van der Waals surface area (Å²) < 4.78 is 24.1. The number of sulfone groups is 1. The fourth-order valence-corrected chi connectivity index (χ4v) is 4.90. The van der Waals surface area contributed by atoms with E-state index in [9.17, 15) is 13.2 Å². The predicted molar refractivity (Wildman–Crippen MR) is 79.7 cm³/mol. The Labute approximate surface area is 120 Å². The highest BCUT2D eigenvalue weighted by molar-refractivity contribution is 8.01. The van der Waals surface area contributed by atoms with Gasteiger partial charge in [-0.05, 0) is 5.92 Å². The molecule has 0 bridgehead atoms. The summed E-state index contributed by atoms with van der Waals surface area (Å²) in [6.07, 6.45) is 0.220. The van der Waals surface area contributed by atoms with E-state index in [4.69, 9.17) is 5.73 Å². The molecular formula is C12H24N2O3S2. The monoisotopic (exact) mass is 308 g/mol. The van der Waals surface area contributed by atoms with E-state index in [1.807, 2.05) is 13.8 Å². The lowest BCUT2D eigenvalue weighted by molar-refractivity contribution is -0.132. The third kappa shape index (κ3) is 4.36. The first-order chi connectivity index (χ1) is 8.79.